The molecule has 0 unspecified atom stereocenters. The van der Waals surface area contributed by atoms with E-state index in [4.69, 9.17) is 5.73 Å². The fourth-order valence-electron chi connectivity index (χ4n) is 2.52. The van der Waals surface area contributed by atoms with E-state index in [0.717, 1.165) is 27.9 Å². The molecule has 0 bridgehead atoms. The van der Waals surface area contributed by atoms with E-state index >= 15 is 0 Å². The van der Waals surface area contributed by atoms with Crippen LogP contribution in [0, 0.1) is 0 Å². The van der Waals surface area contributed by atoms with Gasteiger partial charge in [-0.15, -0.1) is 0 Å². The average molecular weight is 344 g/mol. The minimum atomic E-state index is 0.201. The second-order valence-corrected chi connectivity index (χ2v) is 5.71. The Kier molecular flexibility index (Phi) is 4.94. The summed E-state index contributed by atoms with van der Waals surface area (Å²) < 4.78 is 0. The van der Waals surface area contributed by atoms with E-state index in [0.29, 0.717) is 11.4 Å². The van der Waals surface area contributed by atoms with Crippen LogP contribution in [0.5, 0.6) is 0 Å². The summed E-state index contributed by atoms with van der Waals surface area (Å²) >= 11 is 0. The Morgan fingerprint density at radius 1 is 1.27 bits per heavy atom. The van der Waals surface area contributed by atoms with Gasteiger partial charge in [-0.05, 0) is 43.3 Å². The fourth-order valence-corrected chi connectivity index (χ4v) is 2.52. The number of fused-ring (bicyclic) bond motifs is 1. The number of nitrogens with two attached hydrogens (primary N) is 1. The highest BCUT2D eigenvalue weighted by molar-refractivity contribution is 5.99. The maximum absolute atomic E-state index is 5.99. The lowest BCUT2D eigenvalue weighted by atomic mass is 10.2. The second-order valence-electron chi connectivity index (χ2n) is 5.71. The van der Waals surface area contributed by atoms with Gasteiger partial charge in [0.05, 0.1) is 5.70 Å². The zero-order valence-electron chi connectivity index (χ0n) is 14.5. The molecule has 6 heteroatoms. The van der Waals surface area contributed by atoms with Gasteiger partial charge in [-0.25, -0.2) is 9.98 Å². The minimum Gasteiger partial charge on any atom is -0.382 e. The van der Waals surface area contributed by atoms with Crippen LogP contribution < -0.4 is 11.1 Å². The predicted octanol–water partition coefficient (Wildman–Crippen LogP) is 3.83. The molecule has 0 radical (unpaired) electrons. The lowest BCUT2D eigenvalue weighted by molar-refractivity contribution is 1.13. The summed E-state index contributed by atoms with van der Waals surface area (Å²) in [6.07, 6.45) is 5.35. The fraction of sp³-hybridized carbons (Fsp3) is 0.0500. The molecular formula is C20H20N6. The van der Waals surface area contributed by atoms with Crippen molar-refractivity contribution in [2.75, 3.05) is 5.32 Å². The molecule has 0 saturated heterocycles. The third kappa shape index (κ3) is 3.70. The SMILES string of the molecule is C=N/C(N)=C(\N=C(C)c1cccnc1)C(=C)Nc1ccc2cc[nH]c2c1. The number of aromatic nitrogens is 2. The monoisotopic (exact) mass is 344 g/mol. The van der Waals surface area contributed by atoms with E-state index in [-0.39, 0.29) is 5.82 Å². The molecule has 3 rings (SSSR count). The number of benzene rings is 1. The van der Waals surface area contributed by atoms with Gasteiger partial charge in [0, 0.05) is 41.1 Å². The number of hydrogen-bond donors (Lipinski definition) is 3. The molecule has 0 aliphatic heterocycles. The molecule has 1 aromatic carbocycles. The van der Waals surface area contributed by atoms with Crippen LogP contribution in [0.25, 0.3) is 10.9 Å². The molecular weight excluding hydrogens is 324 g/mol. The van der Waals surface area contributed by atoms with E-state index in [9.17, 15) is 0 Å². The van der Waals surface area contributed by atoms with Crippen molar-refractivity contribution < 1.29 is 0 Å². The topological polar surface area (TPSA) is 91.4 Å². The van der Waals surface area contributed by atoms with Crippen LogP contribution in [0.4, 0.5) is 5.69 Å². The van der Waals surface area contributed by atoms with E-state index in [1.54, 1.807) is 12.4 Å². The summed E-state index contributed by atoms with van der Waals surface area (Å²) in [5.74, 6) is 0.201. The number of aliphatic imine (C=N–C) groups is 2. The first-order valence-electron chi connectivity index (χ1n) is 8.04. The van der Waals surface area contributed by atoms with Crippen molar-refractivity contribution in [1.82, 2.24) is 9.97 Å². The van der Waals surface area contributed by atoms with Crippen molar-refractivity contribution in [3.05, 3.63) is 84.3 Å². The third-order valence-corrected chi connectivity index (χ3v) is 3.91. The maximum atomic E-state index is 5.99. The number of aromatic amines is 1. The molecule has 0 aliphatic carbocycles. The van der Waals surface area contributed by atoms with Crippen molar-refractivity contribution in [2.24, 2.45) is 15.7 Å². The molecule has 0 aliphatic rings. The van der Waals surface area contributed by atoms with E-state index < -0.39 is 0 Å². The number of hydrogen-bond acceptors (Lipinski definition) is 5. The maximum Gasteiger partial charge on any atom is 0.150 e. The van der Waals surface area contributed by atoms with Crippen LogP contribution in [0.2, 0.25) is 0 Å². The molecule has 4 N–H and O–H groups in total. The second kappa shape index (κ2) is 7.48. The molecule has 2 heterocycles. The van der Waals surface area contributed by atoms with Crippen LogP contribution in [-0.4, -0.2) is 22.4 Å². The Bertz CT molecular complexity index is 1010. The highest BCUT2D eigenvalue weighted by atomic mass is 15.0. The minimum absolute atomic E-state index is 0.201. The molecule has 3 aromatic rings. The standard InChI is InChI=1S/C20H20N6/c1-13(16-5-4-9-23-12-16)26-19(20(21)22-3)14(2)25-17-7-6-15-8-10-24-18(15)11-17/h4-12,24-25H,2-3,21H2,1H3/b20-19-,26-13?. The summed E-state index contributed by atoms with van der Waals surface area (Å²) in [5.41, 5.74) is 10.5. The number of anilines is 1. The van der Waals surface area contributed by atoms with Crippen LogP contribution in [0.3, 0.4) is 0 Å². The molecule has 0 saturated carbocycles. The zero-order chi connectivity index (χ0) is 18.5. The number of nitrogens with one attached hydrogen (secondary N) is 2. The van der Waals surface area contributed by atoms with Gasteiger partial charge in [0.2, 0.25) is 0 Å². The lowest BCUT2D eigenvalue weighted by Crippen LogP contribution is -2.09. The van der Waals surface area contributed by atoms with Crippen molar-refractivity contribution in [2.45, 2.75) is 6.92 Å². The highest BCUT2D eigenvalue weighted by Gasteiger charge is 2.09. The van der Waals surface area contributed by atoms with Gasteiger partial charge in [-0.1, -0.05) is 18.7 Å². The summed E-state index contributed by atoms with van der Waals surface area (Å²) in [6, 6.07) is 11.8. The Labute approximate surface area is 151 Å². The van der Waals surface area contributed by atoms with Gasteiger partial charge >= 0.3 is 0 Å². The van der Waals surface area contributed by atoms with Crippen LogP contribution in [0.1, 0.15) is 12.5 Å². The number of pyridine rings is 1. The predicted molar refractivity (Wildman–Crippen MR) is 108 cm³/mol. The quantitative estimate of drug-likeness (QED) is 0.469. The van der Waals surface area contributed by atoms with Crippen LogP contribution in [0.15, 0.2) is 88.8 Å². The molecule has 0 amide bonds. The van der Waals surface area contributed by atoms with E-state index in [2.05, 4.69) is 38.6 Å². The van der Waals surface area contributed by atoms with Crippen LogP contribution >= 0.6 is 0 Å². The number of nitrogens with zero attached hydrogens (tertiary/aromatic N) is 3. The van der Waals surface area contributed by atoms with Gasteiger partial charge in [0.1, 0.15) is 5.70 Å². The first-order chi connectivity index (χ1) is 12.6. The highest BCUT2D eigenvalue weighted by Crippen LogP contribution is 2.22. The molecule has 0 spiro atoms. The summed E-state index contributed by atoms with van der Waals surface area (Å²) in [6.45, 7) is 9.44. The largest absolute Gasteiger partial charge is 0.382 e. The Morgan fingerprint density at radius 2 is 2.12 bits per heavy atom. The van der Waals surface area contributed by atoms with Gasteiger partial charge in [0.15, 0.2) is 5.82 Å². The van der Waals surface area contributed by atoms with E-state index in [1.807, 2.05) is 49.5 Å². The lowest BCUT2D eigenvalue weighted by Gasteiger charge is -2.13. The Morgan fingerprint density at radius 3 is 2.85 bits per heavy atom. The molecule has 130 valence electrons. The molecule has 0 atom stereocenters. The van der Waals surface area contributed by atoms with Gasteiger partial charge < -0.3 is 16.0 Å². The molecule has 26 heavy (non-hydrogen) atoms. The third-order valence-electron chi connectivity index (χ3n) is 3.91. The number of rotatable bonds is 6. The first-order valence-corrected chi connectivity index (χ1v) is 8.04. The Balaban J connectivity index is 1.90. The Hall–Kier alpha value is -3.67. The van der Waals surface area contributed by atoms with Gasteiger partial charge in [0.25, 0.3) is 0 Å². The van der Waals surface area contributed by atoms with Crippen molar-refractivity contribution >= 4 is 29.0 Å². The van der Waals surface area contributed by atoms with Gasteiger partial charge in [-0.3, -0.25) is 4.98 Å². The first kappa shape index (κ1) is 17.2. The smallest absolute Gasteiger partial charge is 0.150 e. The molecule has 0 fully saturated rings. The van der Waals surface area contributed by atoms with Crippen molar-refractivity contribution in [1.29, 1.82) is 0 Å². The zero-order valence-corrected chi connectivity index (χ0v) is 14.5. The van der Waals surface area contributed by atoms with Crippen molar-refractivity contribution in [3.8, 4) is 0 Å². The molecule has 6 nitrogen and oxygen atoms in total. The van der Waals surface area contributed by atoms with Gasteiger partial charge in [-0.2, -0.15) is 0 Å². The molecule has 2 aromatic heterocycles. The van der Waals surface area contributed by atoms with Crippen molar-refractivity contribution in [3.63, 3.8) is 0 Å². The van der Waals surface area contributed by atoms with Crippen LogP contribution in [-0.2, 0) is 0 Å². The normalized spacial score (nSPS) is 12.6. The summed E-state index contributed by atoms with van der Waals surface area (Å²) in [4.78, 5) is 15.7. The number of H-pyrrole nitrogens is 1. The average Bonchev–Trinajstić information content (AvgIpc) is 3.13. The summed E-state index contributed by atoms with van der Waals surface area (Å²) in [7, 11) is 0. The summed E-state index contributed by atoms with van der Waals surface area (Å²) in [5, 5.41) is 4.37. The van der Waals surface area contributed by atoms with E-state index in [1.165, 1.54) is 0 Å².